The van der Waals surface area contributed by atoms with Gasteiger partial charge in [-0.05, 0) is 35.4 Å². The summed E-state index contributed by atoms with van der Waals surface area (Å²) in [6, 6.07) is 14.7. The van der Waals surface area contributed by atoms with E-state index in [1.54, 1.807) is 19.4 Å². The van der Waals surface area contributed by atoms with Crippen LogP contribution in [-0.2, 0) is 19.6 Å². The van der Waals surface area contributed by atoms with Gasteiger partial charge in [0.15, 0.2) is 11.5 Å². The van der Waals surface area contributed by atoms with Crippen molar-refractivity contribution in [3.05, 3.63) is 83.4 Å². The molecule has 0 spiro atoms. The highest BCUT2D eigenvalue weighted by Gasteiger charge is 2.21. The highest BCUT2D eigenvalue weighted by Crippen LogP contribution is 2.42. The molecule has 0 amide bonds. The van der Waals surface area contributed by atoms with Crippen LogP contribution in [0.25, 0.3) is 0 Å². The van der Waals surface area contributed by atoms with Crippen LogP contribution in [0.15, 0.2) is 60.9 Å². The number of pyridine rings is 1. The van der Waals surface area contributed by atoms with Crippen LogP contribution in [0.5, 0.6) is 17.2 Å². The van der Waals surface area contributed by atoms with Crippen LogP contribution in [0.1, 0.15) is 16.7 Å². The fourth-order valence-corrected chi connectivity index (χ4v) is 3.32. The minimum Gasteiger partial charge on any atom is -0.493 e. The molecule has 2 heterocycles. The topological polar surface area (TPSA) is 43.8 Å². The lowest BCUT2D eigenvalue weighted by Crippen LogP contribution is -2.23. The van der Waals surface area contributed by atoms with Crippen molar-refractivity contribution >= 4 is 0 Å². The standard InChI is InChI=1S/C22H21FN2O3/c1-26-20-9-17(10-21-22(20)28-15-27-21)13-25(12-16-5-4-8-24-11-16)14-18-6-2-3-7-19(18)23/h2-11H,12-15H2,1H3. The molecule has 2 aromatic carbocycles. The maximum absolute atomic E-state index is 14.2. The van der Waals surface area contributed by atoms with Gasteiger partial charge in [0.25, 0.3) is 0 Å². The minimum absolute atomic E-state index is 0.184. The lowest BCUT2D eigenvalue weighted by Gasteiger charge is -2.23. The first kappa shape index (κ1) is 18.3. The molecule has 4 rings (SSSR count). The van der Waals surface area contributed by atoms with Gasteiger partial charge in [-0.3, -0.25) is 9.88 Å². The van der Waals surface area contributed by atoms with E-state index in [2.05, 4.69) is 9.88 Å². The molecule has 1 aliphatic rings. The number of methoxy groups -OCH3 is 1. The SMILES string of the molecule is COc1cc(CN(Cc2cccnc2)Cc2ccccc2F)cc2c1OCO2. The van der Waals surface area contributed by atoms with Crippen molar-refractivity contribution in [1.82, 2.24) is 9.88 Å². The van der Waals surface area contributed by atoms with Crippen LogP contribution in [0.2, 0.25) is 0 Å². The van der Waals surface area contributed by atoms with Gasteiger partial charge in [-0.1, -0.05) is 24.3 Å². The van der Waals surface area contributed by atoms with Crippen LogP contribution in [-0.4, -0.2) is 23.8 Å². The Morgan fingerprint density at radius 1 is 1.04 bits per heavy atom. The van der Waals surface area contributed by atoms with Crippen molar-refractivity contribution in [3.8, 4) is 17.2 Å². The third-order valence-electron chi connectivity index (χ3n) is 4.61. The van der Waals surface area contributed by atoms with Crippen LogP contribution in [0.4, 0.5) is 4.39 Å². The molecule has 5 nitrogen and oxygen atoms in total. The maximum atomic E-state index is 14.2. The van der Waals surface area contributed by atoms with Crippen LogP contribution in [0.3, 0.4) is 0 Å². The quantitative estimate of drug-likeness (QED) is 0.616. The molecule has 0 unspecified atom stereocenters. The molecule has 6 heteroatoms. The number of fused-ring (bicyclic) bond motifs is 1. The molecular formula is C22H21FN2O3. The predicted molar refractivity (Wildman–Crippen MR) is 103 cm³/mol. The third kappa shape index (κ3) is 4.07. The normalized spacial score (nSPS) is 12.4. The van der Waals surface area contributed by atoms with Gasteiger partial charge >= 0.3 is 0 Å². The number of ether oxygens (including phenoxy) is 3. The minimum atomic E-state index is -0.207. The smallest absolute Gasteiger partial charge is 0.231 e. The van der Waals surface area contributed by atoms with E-state index in [1.807, 2.05) is 42.6 Å². The molecule has 0 saturated carbocycles. The largest absolute Gasteiger partial charge is 0.493 e. The lowest BCUT2D eigenvalue weighted by atomic mass is 10.1. The van der Waals surface area contributed by atoms with Gasteiger partial charge < -0.3 is 14.2 Å². The molecule has 0 N–H and O–H groups in total. The summed E-state index contributed by atoms with van der Waals surface area (Å²) in [5.74, 6) is 1.72. The van der Waals surface area contributed by atoms with Crippen LogP contribution < -0.4 is 14.2 Å². The fourth-order valence-electron chi connectivity index (χ4n) is 3.32. The Bertz CT molecular complexity index is 950. The van der Waals surface area contributed by atoms with Crippen LogP contribution >= 0.6 is 0 Å². The van der Waals surface area contributed by atoms with Gasteiger partial charge in [0.1, 0.15) is 5.82 Å². The number of hydrogen-bond acceptors (Lipinski definition) is 5. The van der Waals surface area contributed by atoms with Gasteiger partial charge in [0.05, 0.1) is 7.11 Å². The molecule has 0 saturated heterocycles. The molecule has 0 bridgehead atoms. The van der Waals surface area contributed by atoms with Crippen molar-refractivity contribution < 1.29 is 18.6 Å². The average molecular weight is 380 g/mol. The summed E-state index contributed by atoms with van der Waals surface area (Å²) in [5.41, 5.74) is 2.71. The summed E-state index contributed by atoms with van der Waals surface area (Å²) < 4.78 is 30.7. The molecule has 0 atom stereocenters. The van der Waals surface area contributed by atoms with Gasteiger partial charge in [0, 0.05) is 37.6 Å². The summed E-state index contributed by atoms with van der Waals surface area (Å²) in [4.78, 5) is 6.35. The Morgan fingerprint density at radius 3 is 2.68 bits per heavy atom. The van der Waals surface area contributed by atoms with E-state index in [9.17, 15) is 4.39 Å². The highest BCUT2D eigenvalue weighted by molar-refractivity contribution is 5.55. The van der Waals surface area contributed by atoms with Crippen molar-refractivity contribution in [3.63, 3.8) is 0 Å². The van der Waals surface area contributed by atoms with Crippen molar-refractivity contribution in [2.45, 2.75) is 19.6 Å². The van der Waals surface area contributed by atoms with Crippen molar-refractivity contribution in [1.29, 1.82) is 0 Å². The second-order valence-electron chi connectivity index (χ2n) is 6.63. The summed E-state index contributed by atoms with van der Waals surface area (Å²) in [7, 11) is 1.60. The number of rotatable bonds is 7. The summed E-state index contributed by atoms with van der Waals surface area (Å²) in [5, 5.41) is 0. The van der Waals surface area contributed by atoms with E-state index in [1.165, 1.54) is 6.07 Å². The van der Waals surface area contributed by atoms with Gasteiger partial charge in [-0.2, -0.15) is 0 Å². The van der Waals surface area contributed by atoms with Gasteiger partial charge in [-0.25, -0.2) is 4.39 Å². The number of halogens is 1. The van der Waals surface area contributed by atoms with Gasteiger partial charge in [0.2, 0.25) is 12.5 Å². The second-order valence-corrected chi connectivity index (χ2v) is 6.63. The summed E-state index contributed by atoms with van der Waals surface area (Å²) >= 11 is 0. The zero-order valence-corrected chi connectivity index (χ0v) is 15.6. The Kier molecular flexibility index (Phi) is 5.39. The first-order valence-electron chi connectivity index (χ1n) is 9.04. The molecule has 28 heavy (non-hydrogen) atoms. The molecule has 3 aromatic rings. The number of nitrogens with zero attached hydrogens (tertiary/aromatic N) is 2. The monoisotopic (exact) mass is 380 g/mol. The Hall–Kier alpha value is -3.12. The second kappa shape index (κ2) is 8.27. The third-order valence-corrected chi connectivity index (χ3v) is 4.61. The van der Waals surface area contributed by atoms with E-state index in [0.29, 0.717) is 42.4 Å². The zero-order valence-electron chi connectivity index (χ0n) is 15.6. The summed E-state index contributed by atoms with van der Waals surface area (Å²) in [6.07, 6.45) is 3.57. The zero-order chi connectivity index (χ0) is 19.3. The Labute approximate surface area is 163 Å². The molecular weight excluding hydrogens is 359 g/mol. The fraction of sp³-hybridized carbons (Fsp3) is 0.227. The lowest BCUT2D eigenvalue weighted by molar-refractivity contribution is 0.171. The van der Waals surface area contributed by atoms with Crippen molar-refractivity contribution in [2.75, 3.05) is 13.9 Å². The average Bonchev–Trinajstić information content (AvgIpc) is 3.18. The maximum Gasteiger partial charge on any atom is 0.231 e. The first-order chi connectivity index (χ1) is 13.7. The van der Waals surface area contributed by atoms with E-state index in [4.69, 9.17) is 14.2 Å². The molecule has 1 aliphatic heterocycles. The van der Waals surface area contributed by atoms with E-state index < -0.39 is 0 Å². The van der Waals surface area contributed by atoms with Crippen molar-refractivity contribution in [2.24, 2.45) is 0 Å². The van der Waals surface area contributed by atoms with Crippen LogP contribution in [0, 0.1) is 5.82 Å². The Balaban J connectivity index is 1.61. The highest BCUT2D eigenvalue weighted by atomic mass is 19.1. The van der Waals surface area contributed by atoms with E-state index >= 15 is 0 Å². The predicted octanol–water partition coefficient (Wildman–Crippen LogP) is 4.16. The number of hydrogen-bond donors (Lipinski definition) is 0. The Morgan fingerprint density at radius 2 is 1.89 bits per heavy atom. The molecule has 0 fully saturated rings. The van der Waals surface area contributed by atoms with Gasteiger partial charge in [-0.15, -0.1) is 0 Å². The molecule has 0 radical (unpaired) electrons. The molecule has 0 aliphatic carbocycles. The summed E-state index contributed by atoms with van der Waals surface area (Å²) in [6.45, 7) is 1.89. The molecule has 1 aromatic heterocycles. The van der Waals surface area contributed by atoms with E-state index in [-0.39, 0.29) is 12.6 Å². The first-order valence-corrected chi connectivity index (χ1v) is 9.04. The number of aromatic nitrogens is 1. The molecule has 144 valence electrons. The van der Waals surface area contributed by atoms with E-state index in [0.717, 1.165) is 11.1 Å². The number of benzene rings is 2.